The second-order valence-electron chi connectivity index (χ2n) is 5.46. The van der Waals surface area contributed by atoms with Gasteiger partial charge in [-0.1, -0.05) is 32.0 Å². The molecule has 0 bridgehead atoms. The number of hydrogen-bond donors (Lipinski definition) is 0. The lowest BCUT2D eigenvalue weighted by Crippen LogP contribution is -1.95. The van der Waals surface area contributed by atoms with Crippen molar-refractivity contribution in [1.82, 2.24) is 9.97 Å². The Kier molecular flexibility index (Phi) is 3.23. The molecule has 100 valence electrons. The smallest absolute Gasteiger partial charge is 0.0746 e. The summed E-state index contributed by atoms with van der Waals surface area (Å²) in [6.45, 7) is 6.58. The number of nitrogens with zero attached hydrogens (tertiary/aromatic N) is 2. The molecule has 0 radical (unpaired) electrons. The van der Waals surface area contributed by atoms with E-state index in [1.807, 2.05) is 24.5 Å². The molecule has 2 heterocycles. The molecule has 0 aliphatic carbocycles. The zero-order chi connectivity index (χ0) is 14.1. The number of fused-ring (bicyclic) bond motifs is 1. The van der Waals surface area contributed by atoms with E-state index >= 15 is 0 Å². The van der Waals surface area contributed by atoms with Crippen molar-refractivity contribution in [2.75, 3.05) is 0 Å². The average molecular weight is 262 g/mol. The van der Waals surface area contributed by atoms with Crippen molar-refractivity contribution in [3.05, 3.63) is 59.9 Å². The fourth-order valence-corrected chi connectivity index (χ4v) is 2.58. The first-order chi connectivity index (χ1) is 9.66. The Hall–Kier alpha value is -2.22. The van der Waals surface area contributed by atoms with Crippen molar-refractivity contribution in [1.29, 1.82) is 0 Å². The van der Waals surface area contributed by atoms with E-state index in [0.717, 1.165) is 16.8 Å². The number of hydrogen-bond acceptors (Lipinski definition) is 2. The van der Waals surface area contributed by atoms with Gasteiger partial charge in [0.1, 0.15) is 0 Å². The van der Waals surface area contributed by atoms with Crippen LogP contribution in [0.5, 0.6) is 0 Å². The molecular weight excluding hydrogens is 244 g/mol. The Morgan fingerprint density at radius 1 is 1.00 bits per heavy atom. The van der Waals surface area contributed by atoms with Crippen molar-refractivity contribution in [2.45, 2.75) is 26.7 Å². The molecule has 0 amide bonds. The zero-order valence-corrected chi connectivity index (χ0v) is 12.1. The van der Waals surface area contributed by atoms with Crippen molar-refractivity contribution >= 4 is 10.9 Å². The van der Waals surface area contributed by atoms with Crippen LogP contribution >= 0.6 is 0 Å². The Bertz CT molecular complexity index is 746. The van der Waals surface area contributed by atoms with Crippen LogP contribution in [0.25, 0.3) is 22.2 Å². The van der Waals surface area contributed by atoms with E-state index in [0.29, 0.717) is 5.92 Å². The first-order valence-electron chi connectivity index (χ1n) is 6.97. The van der Waals surface area contributed by atoms with Crippen LogP contribution in [0.2, 0.25) is 0 Å². The van der Waals surface area contributed by atoms with Gasteiger partial charge in [-0.25, -0.2) is 4.98 Å². The van der Waals surface area contributed by atoms with Crippen LogP contribution in [-0.4, -0.2) is 9.97 Å². The Morgan fingerprint density at radius 3 is 2.45 bits per heavy atom. The highest BCUT2D eigenvalue weighted by molar-refractivity contribution is 5.87. The monoisotopic (exact) mass is 262 g/mol. The zero-order valence-electron chi connectivity index (χ0n) is 12.1. The lowest BCUT2D eigenvalue weighted by atomic mass is 9.97. The second-order valence-corrected chi connectivity index (χ2v) is 5.46. The fourth-order valence-electron chi connectivity index (χ4n) is 2.58. The summed E-state index contributed by atoms with van der Waals surface area (Å²) >= 11 is 0. The van der Waals surface area contributed by atoms with Crippen LogP contribution in [0.4, 0.5) is 0 Å². The summed E-state index contributed by atoms with van der Waals surface area (Å²) in [6, 6.07) is 12.6. The Labute approximate surface area is 119 Å². The molecule has 0 saturated carbocycles. The maximum atomic E-state index is 4.90. The third-order valence-corrected chi connectivity index (χ3v) is 3.68. The number of benzene rings is 1. The van der Waals surface area contributed by atoms with E-state index in [4.69, 9.17) is 4.98 Å². The van der Waals surface area contributed by atoms with Gasteiger partial charge in [-0.2, -0.15) is 0 Å². The van der Waals surface area contributed by atoms with Gasteiger partial charge in [-0.3, -0.25) is 4.98 Å². The van der Waals surface area contributed by atoms with E-state index in [2.05, 4.69) is 50.0 Å². The van der Waals surface area contributed by atoms with Gasteiger partial charge in [0.15, 0.2) is 0 Å². The molecule has 0 atom stereocenters. The van der Waals surface area contributed by atoms with Crippen molar-refractivity contribution in [3.63, 3.8) is 0 Å². The van der Waals surface area contributed by atoms with E-state index < -0.39 is 0 Å². The molecule has 0 fully saturated rings. The second kappa shape index (κ2) is 5.04. The summed E-state index contributed by atoms with van der Waals surface area (Å²) in [7, 11) is 0. The van der Waals surface area contributed by atoms with E-state index in [-0.39, 0.29) is 0 Å². The first kappa shape index (κ1) is 12.8. The highest BCUT2D eigenvalue weighted by Crippen LogP contribution is 2.29. The molecule has 0 aliphatic heterocycles. The largest absolute Gasteiger partial charge is 0.265 e. The SMILES string of the molecule is Cc1cc(-c2ccncc2)nc2c(C(C)C)cccc12. The van der Waals surface area contributed by atoms with Crippen molar-refractivity contribution < 1.29 is 0 Å². The van der Waals surface area contributed by atoms with Crippen LogP contribution in [0, 0.1) is 6.92 Å². The molecular formula is C18H18N2. The summed E-state index contributed by atoms with van der Waals surface area (Å²) in [5, 5.41) is 1.24. The highest BCUT2D eigenvalue weighted by Gasteiger charge is 2.10. The molecule has 2 heteroatoms. The summed E-state index contributed by atoms with van der Waals surface area (Å²) in [5.41, 5.74) is 5.83. The predicted molar refractivity (Wildman–Crippen MR) is 83.8 cm³/mol. The molecule has 0 N–H and O–H groups in total. The van der Waals surface area contributed by atoms with Gasteiger partial charge in [-0.15, -0.1) is 0 Å². The number of aryl methyl sites for hydroxylation is 1. The van der Waals surface area contributed by atoms with E-state index in [9.17, 15) is 0 Å². The quantitative estimate of drug-likeness (QED) is 0.667. The minimum Gasteiger partial charge on any atom is -0.265 e. The van der Waals surface area contributed by atoms with E-state index in [1.165, 1.54) is 16.5 Å². The molecule has 3 aromatic rings. The Morgan fingerprint density at radius 2 is 1.75 bits per heavy atom. The summed E-state index contributed by atoms with van der Waals surface area (Å²) in [5.74, 6) is 0.471. The number of rotatable bonds is 2. The van der Waals surface area contributed by atoms with Crippen LogP contribution < -0.4 is 0 Å². The van der Waals surface area contributed by atoms with Gasteiger partial charge < -0.3 is 0 Å². The average Bonchev–Trinajstić information content (AvgIpc) is 2.47. The first-order valence-corrected chi connectivity index (χ1v) is 6.97. The van der Waals surface area contributed by atoms with Crippen LogP contribution in [0.15, 0.2) is 48.8 Å². The molecule has 2 aromatic heterocycles. The molecule has 0 spiro atoms. The topological polar surface area (TPSA) is 25.8 Å². The van der Waals surface area contributed by atoms with Gasteiger partial charge in [0.05, 0.1) is 11.2 Å². The van der Waals surface area contributed by atoms with Gasteiger partial charge in [0.25, 0.3) is 0 Å². The standard InChI is InChI=1S/C18H18N2/c1-12(2)15-5-4-6-16-13(3)11-17(20-18(15)16)14-7-9-19-10-8-14/h4-12H,1-3H3. The van der Waals surface area contributed by atoms with Gasteiger partial charge in [0, 0.05) is 23.3 Å². The molecule has 3 rings (SSSR count). The molecule has 20 heavy (non-hydrogen) atoms. The lowest BCUT2D eigenvalue weighted by Gasteiger charge is -2.12. The third kappa shape index (κ3) is 2.18. The molecule has 0 unspecified atom stereocenters. The summed E-state index contributed by atoms with van der Waals surface area (Å²) in [6.07, 6.45) is 3.62. The van der Waals surface area contributed by atoms with Gasteiger partial charge >= 0.3 is 0 Å². The van der Waals surface area contributed by atoms with Crippen LogP contribution in [0.3, 0.4) is 0 Å². The summed E-state index contributed by atoms with van der Waals surface area (Å²) < 4.78 is 0. The van der Waals surface area contributed by atoms with Crippen LogP contribution in [-0.2, 0) is 0 Å². The molecule has 1 aromatic carbocycles. The fraction of sp³-hybridized carbons (Fsp3) is 0.222. The minimum absolute atomic E-state index is 0.471. The predicted octanol–water partition coefficient (Wildman–Crippen LogP) is 4.73. The van der Waals surface area contributed by atoms with E-state index in [1.54, 1.807) is 0 Å². The minimum atomic E-state index is 0.471. The third-order valence-electron chi connectivity index (χ3n) is 3.68. The maximum Gasteiger partial charge on any atom is 0.0746 e. The number of pyridine rings is 2. The van der Waals surface area contributed by atoms with Crippen LogP contribution in [0.1, 0.15) is 30.9 Å². The van der Waals surface area contributed by atoms with Gasteiger partial charge in [-0.05, 0) is 42.2 Å². The highest BCUT2D eigenvalue weighted by atomic mass is 14.7. The maximum absolute atomic E-state index is 4.90. The Balaban J connectivity index is 2.30. The summed E-state index contributed by atoms with van der Waals surface area (Å²) in [4.78, 5) is 8.97. The molecule has 2 nitrogen and oxygen atoms in total. The lowest BCUT2D eigenvalue weighted by molar-refractivity contribution is 0.873. The van der Waals surface area contributed by atoms with Crippen molar-refractivity contribution in [2.24, 2.45) is 0 Å². The number of aromatic nitrogens is 2. The number of para-hydroxylation sites is 1. The molecule has 0 aliphatic rings. The normalized spacial score (nSPS) is 11.2. The molecule has 0 saturated heterocycles. The van der Waals surface area contributed by atoms with Gasteiger partial charge in [0.2, 0.25) is 0 Å². The van der Waals surface area contributed by atoms with Crippen molar-refractivity contribution in [3.8, 4) is 11.3 Å².